The number of allylic oxidation sites excluding steroid dienone is 2. The average Bonchev–Trinajstić information content (AvgIpc) is 1.86. The third-order valence-corrected chi connectivity index (χ3v) is 3.38. The van der Waals surface area contributed by atoms with Gasteiger partial charge in [0.1, 0.15) is 0 Å². The highest BCUT2D eigenvalue weighted by molar-refractivity contribution is 9.09. The van der Waals surface area contributed by atoms with E-state index in [0.29, 0.717) is 5.41 Å². The Morgan fingerprint density at radius 3 is 2.45 bits per heavy atom. The first-order chi connectivity index (χ1) is 5.08. The second-order valence-corrected chi connectivity index (χ2v) is 4.69. The molecule has 0 nitrogen and oxygen atoms in total. The van der Waals surface area contributed by atoms with Crippen LogP contribution in [0, 0.1) is 5.41 Å². The van der Waals surface area contributed by atoms with Crippen molar-refractivity contribution in [3.8, 4) is 0 Å². The van der Waals surface area contributed by atoms with Crippen LogP contribution in [0.4, 0.5) is 0 Å². The first kappa shape index (κ1) is 9.31. The van der Waals surface area contributed by atoms with Gasteiger partial charge in [-0.2, -0.15) is 0 Å². The minimum absolute atomic E-state index is 0.450. The molecule has 11 heavy (non-hydrogen) atoms. The molecule has 1 heteroatoms. The highest BCUT2D eigenvalue weighted by Crippen LogP contribution is 2.40. The third-order valence-electron chi connectivity index (χ3n) is 2.82. The molecule has 1 rings (SSSR count). The largest absolute Gasteiger partial charge is 0.0880 e. The highest BCUT2D eigenvalue weighted by atomic mass is 79.9. The van der Waals surface area contributed by atoms with Gasteiger partial charge in [-0.3, -0.25) is 0 Å². The minimum Gasteiger partial charge on any atom is -0.0880 e. The van der Waals surface area contributed by atoms with Gasteiger partial charge in [-0.25, -0.2) is 0 Å². The zero-order chi connectivity index (χ0) is 8.48. The Balaban J connectivity index is 2.92. The van der Waals surface area contributed by atoms with E-state index in [1.807, 2.05) is 0 Å². The Bertz CT molecular complexity index is 177. The molecule has 0 unspecified atom stereocenters. The molecule has 1 aliphatic rings. The summed E-state index contributed by atoms with van der Waals surface area (Å²) in [6.07, 6.45) is 4.03. The van der Waals surface area contributed by atoms with Crippen molar-refractivity contribution in [2.75, 3.05) is 5.33 Å². The fourth-order valence-corrected chi connectivity index (χ4v) is 3.21. The normalized spacial score (nSPS) is 24.0. The van der Waals surface area contributed by atoms with Crippen molar-refractivity contribution in [2.24, 2.45) is 5.41 Å². The molecule has 0 radical (unpaired) electrons. The van der Waals surface area contributed by atoms with Crippen LogP contribution in [0.3, 0.4) is 0 Å². The predicted octanol–water partition coefficient (Wildman–Crippen LogP) is 3.91. The van der Waals surface area contributed by atoms with Crippen molar-refractivity contribution in [3.63, 3.8) is 0 Å². The van der Waals surface area contributed by atoms with E-state index in [9.17, 15) is 0 Å². The van der Waals surface area contributed by atoms with Gasteiger partial charge in [0, 0.05) is 5.33 Å². The summed E-state index contributed by atoms with van der Waals surface area (Å²) in [5.41, 5.74) is 3.69. The van der Waals surface area contributed by atoms with Crippen LogP contribution < -0.4 is 0 Å². The lowest BCUT2D eigenvalue weighted by molar-refractivity contribution is 0.369. The van der Waals surface area contributed by atoms with Crippen LogP contribution in [-0.2, 0) is 0 Å². The molecule has 0 fully saturated rings. The Labute approximate surface area is 78.2 Å². The third kappa shape index (κ3) is 1.87. The van der Waals surface area contributed by atoms with Gasteiger partial charge in [-0.1, -0.05) is 40.9 Å². The first-order valence-electron chi connectivity index (χ1n) is 4.33. The summed E-state index contributed by atoms with van der Waals surface area (Å²) >= 11 is 3.57. The molecule has 0 amide bonds. The molecule has 0 saturated carbocycles. The van der Waals surface area contributed by atoms with Crippen LogP contribution in [0.15, 0.2) is 11.1 Å². The molecule has 0 spiro atoms. The molecule has 0 N–H and O–H groups in total. The second kappa shape index (κ2) is 3.30. The molecule has 0 bridgehead atoms. The first-order valence-corrected chi connectivity index (χ1v) is 5.45. The molecule has 0 aromatic heterocycles. The molecular formula is C10H17Br. The molecule has 64 valence electrons. The summed E-state index contributed by atoms with van der Waals surface area (Å²) in [6, 6.07) is 0. The van der Waals surface area contributed by atoms with Crippen molar-refractivity contribution in [3.05, 3.63) is 11.1 Å². The van der Waals surface area contributed by atoms with Gasteiger partial charge in [-0.05, 0) is 31.6 Å². The van der Waals surface area contributed by atoms with Gasteiger partial charge in [0.15, 0.2) is 0 Å². The van der Waals surface area contributed by atoms with Gasteiger partial charge >= 0.3 is 0 Å². The lowest BCUT2D eigenvalue weighted by atomic mass is 9.74. The summed E-state index contributed by atoms with van der Waals surface area (Å²) in [6.45, 7) is 6.98. The van der Waals surface area contributed by atoms with Gasteiger partial charge < -0.3 is 0 Å². The molecule has 0 saturated heterocycles. The van der Waals surface area contributed by atoms with Crippen LogP contribution in [0.25, 0.3) is 0 Å². The summed E-state index contributed by atoms with van der Waals surface area (Å²) in [7, 11) is 0. The number of alkyl halides is 1. The molecule has 0 aromatic rings. The Morgan fingerprint density at radius 1 is 1.45 bits per heavy atom. The van der Waals surface area contributed by atoms with E-state index in [1.54, 1.807) is 11.1 Å². The number of hydrogen-bond acceptors (Lipinski definition) is 0. The van der Waals surface area contributed by atoms with E-state index < -0.39 is 0 Å². The van der Waals surface area contributed by atoms with Gasteiger partial charge in [0.2, 0.25) is 0 Å². The molecule has 0 aromatic carbocycles. The fourth-order valence-electron chi connectivity index (χ4n) is 1.97. The zero-order valence-electron chi connectivity index (χ0n) is 7.71. The van der Waals surface area contributed by atoms with Crippen LogP contribution >= 0.6 is 15.9 Å². The van der Waals surface area contributed by atoms with Crippen molar-refractivity contribution < 1.29 is 0 Å². The van der Waals surface area contributed by atoms with Crippen LogP contribution in [0.2, 0.25) is 0 Å². The van der Waals surface area contributed by atoms with E-state index in [2.05, 4.69) is 36.7 Å². The summed E-state index contributed by atoms with van der Waals surface area (Å²) in [5, 5.41) is 1.06. The van der Waals surface area contributed by atoms with E-state index >= 15 is 0 Å². The van der Waals surface area contributed by atoms with E-state index in [4.69, 9.17) is 0 Å². The second-order valence-electron chi connectivity index (χ2n) is 4.13. The highest BCUT2D eigenvalue weighted by Gasteiger charge is 2.26. The Morgan fingerprint density at radius 2 is 2.09 bits per heavy atom. The monoisotopic (exact) mass is 216 g/mol. The van der Waals surface area contributed by atoms with Crippen LogP contribution in [0.5, 0.6) is 0 Å². The predicted molar refractivity (Wildman–Crippen MR) is 54.1 cm³/mol. The maximum absolute atomic E-state index is 3.57. The number of hydrogen-bond donors (Lipinski definition) is 0. The topological polar surface area (TPSA) is 0 Å². The number of halogens is 1. The van der Waals surface area contributed by atoms with E-state index in [1.165, 1.54) is 19.3 Å². The summed E-state index contributed by atoms with van der Waals surface area (Å²) < 4.78 is 0. The van der Waals surface area contributed by atoms with Gasteiger partial charge in [0.25, 0.3) is 0 Å². The van der Waals surface area contributed by atoms with E-state index in [-0.39, 0.29) is 0 Å². The van der Waals surface area contributed by atoms with Gasteiger partial charge in [0.05, 0.1) is 0 Å². The minimum atomic E-state index is 0.450. The lowest BCUT2D eigenvalue weighted by Crippen LogP contribution is -2.21. The average molecular weight is 217 g/mol. The van der Waals surface area contributed by atoms with E-state index in [0.717, 1.165) is 5.33 Å². The van der Waals surface area contributed by atoms with Crippen molar-refractivity contribution in [1.82, 2.24) is 0 Å². The van der Waals surface area contributed by atoms with Crippen LogP contribution in [0.1, 0.15) is 40.0 Å². The fraction of sp³-hybridized carbons (Fsp3) is 0.800. The molecular weight excluding hydrogens is 200 g/mol. The molecule has 1 aliphatic carbocycles. The maximum Gasteiger partial charge on any atom is 0.0249 e. The zero-order valence-corrected chi connectivity index (χ0v) is 9.29. The summed E-state index contributed by atoms with van der Waals surface area (Å²) in [5.74, 6) is 0. The Hall–Kier alpha value is 0.220. The molecule has 0 atom stereocenters. The maximum atomic E-state index is 3.57. The molecule has 0 aliphatic heterocycles. The smallest absolute Gasteiger partial charge is 0.0249 e. The van der Waals surface area contributed by atoms with Crippen molar-refractivity contribution in [1.29, 1.82) is 0 Å². The Kier molecular flexibility index (Phi) is 2.79. The molecule has 0 heterocycles. The van der Waals surface area contributed by atoms with Gasteiger partial charge in [-0.15, -0.1) is 0 Å². The summed E-state index contributed by atoms with van der Waals surface area (Å²) in [4.78, 5) is 0. The number of rotatable bonds is 1. The quantitative estimate of drug-likeness (QED) is 0.461. The van der Waals surface area contributed by atoms with Crippen molar-refractivity contribution in [2.45, 2.75) is 40.0 Å². The lowest BCUT2D eigenvalue weighted by Gasteiger charge is -2.33. The SMILES string of the molecule is CC1=C(CBr)C(C)(C)CCC1. The standard InChI is InChI=1S/C10H17Br/c1-8-5-4-6-10(2,3)9(8)7-11/h4-7H2,1-3H3. The van der Waals surface area contributed by atoms with Crippen LogP contribution in [-0.4, -0.2) is 5.33 Å². The van der Waals surface area contributed by atoms with Crippen molar-refractivity contribution >= 4 is 15.9 Å².